The van der Waals surface area contributed by atoms with Gasteiger partial charge >= 0.3 is 6.18 Å². The predicted molar refractivity (Wildman–Crippen MR) is 133 cm³/mol. The van der Waals surface area contributed by atoms with Crippen molar-refractivity contribution in [2.24, 2.45) is 0 Å². The molecular weight excluding hydrogens is 485 g/mol. The van der Waals surface area contributed by atoms with E-state index < -0.39 is 11.9 Å². The molecule has 1 atom stereocenters. The largest absolute Gasteiger partial charge is 0.435 e. The number of aryl methyl sites for hydroxylation is 1. The number of alkyl halides is 3. The van der Waals surface area contributed by atoms with Gasteiger partial charge in [0.15, 0.2) is 5.69 Å². The maximum Gasteiger partial charge on any atom is 0.435 e. The van der Waals surface area contributed by atoms with Crippen molar-refractivity contribution in [2.45, 2.75) is 32.1 Å². The summed E-state index contributed by atoms with van der Waals surface area (Å²) in [6, 6.07) is 14.8. The van der Waals surface area contributed by atoms with E-state index in [1.54, 1.807) is 41.5 Å². The average molecular weight is 509 g/mol. The van der Waals surface area contributed by atoms with Gasteiger partial charge in [-0.25, -0.2) is 0 Å². The number of thiophene rings is 1. The molecule has 0 fully saturated rings. The van der Waals surface area contributed by atoms with Gasteiger partial charge in [-0.15, -0.1) is 11.3 Å². The minimum atomic E-state index is -4.60. The van der Waals surface area contributed by atoms with Crippen molar-refractivity contribution in [3.63, 3.8) is 0 Å². The Bertz CT molecular complexity index is 1420. The van der Waals surface area contributed by atoms with Crippen LogP contribution in [0.1, 0.15) is 34.5 Å². The van der Waals surface area contributed by atoms with Crippen LogP contribution in [-0.4, -0.2) is 32.1 Å². The topological polar surface area (TPSA) is 51.0 Å². The van der Waals surface area contributed by atoms with Gasteiger partial charge in [0.2, 0.25) is 5.91 Å². The first-order valence-electron chi connectivity index (χ1n) is 11.5. The van der Waals surface area contributed by atoms with E-state index in [9.17, 15) is 18.0 Å². The van der Waals surface area contributed by atoms with E-state index in [0.29, 0.717) is 30.8 Å². The van der Waals surface area contributed by atoms with Gasteiger partial charge in [-0.2, -0.15) is 18.3 Å². The lowest BCUT2D eigenvalue weighted by Crippen LogP contribution is -2.37. The highest BCUT2D eigenvalue weighted by molar-refractivity contribution is 7.15. The zero-order valence-corrected chi connectivity index (χ0v) is 20.3. The van der Waals surface area contributed by atoms with Crippen molar-refractivity contribution < 1.29 is 18.0 Å². The van der Waals surface area contributed by atoms with Crippen LogP contribution >= 0.6 is 11.3 Å². The molecule has 0 aliphatic carbocycles. The second-order valence-electron chi connectivity index (χ2n) is 8.51. The summed E-state index contributed by atoms with van der Waals surface area (Å²) in [5.41, 5.74) is 2.11. The Balaban J connectivity index is 1.68. The van der Waals surface area contributed by atoms with Crippen LogP contribution in [0, 0.1) is 0 Å². The lowest BCUT2D eigenvalue weighted by atomic mass is 9.83. The molecule has 1 amide bonds. The lowest BCUT2D eigenvalue weighted by molar-refractivity contribution is -0.141. The number of nitrogens with zero attached hydrogens (tertiary/aromatic N) is 4. The quantitative estimate of drug-likeness (QED) is 0.294. The Morgan fingerprint density at radius 2 is 1.94 bits per heavy atom. The van der Waals surface area contributed by atoms with Gasteiger partial charge in [-0.1, -0.05) is 36.9 Å². The summed E-state index contributed by atoms with van der Waals surface area (Å²) < 4.78 is 43.2. The van der Waals surface area contributed by atoms with Crippen LogP contribution in [0.15, 0.2) is 73.6 Å². The maximum atomic E-state index is 14.0. The highest BCUT2D eigenvalue weighted by Crippen LogP contribution is 2.45. The van der Waals surface area contributed by atoms with Crippen LogP contribution in [0.2, 0.25) is 0 Å². The molecule has 0 unspecified atom stereocenters. The molecule has 1 aliphatic heterocycles. The number of amides is 1. The molecule has 4 heterocycles. The number of carbonyl (C=O) groups excluding carboxylic acids is 1. The van der Waals surface area contributed by atoms with Crippen molar-refractivity contribution in [3.05, 3.63) is 95.3 Å². The van der Waals surface area contributed by atoms with Gasteiger partial charge in [-0.05, 0) is 47.9 Å². The fourth-order valence-corrected chi connectivity index (χ4v) is 5.87. The molecule has 5 rings (SSSR count). The molecule has 0 saturated heterocycles. The van der Waals surface area contributed by atoms with Gasteiger partial charge in [0.1, 0.15) is 0 Å². The highest BCUT2D eigenvalue weighted by atomic mass is 32.1. The number of benzene rings is 1. The Labute approximate surface area is 210 Å². The minimum Gasteiger partial charge on any atom is -0.333 e. The summed E-state index contributed by atoms with van der Waals surface area (Å²) in [6.07, 6.45) is -0.155. The Morgan fingerprint density at radius 3 is 2.64 bits per heavy atom. The summed E-state index contributed by atoms with van der Waals surface area (Å²) in [6.45, 7) is 6.44. The van der Waals surface area contributed by atoms with Crippen LogP contribution < -0.4 is 0 Å². The summed E-state index contributed by atoms with van der Waals surface area (Å²) in [5, 5.41) is 3.81. The summed E-state index contributed by atoms with van der Waals surface area (Å²) in [5.74, 6) is -0.542. The monoisotopic (exact) mass is 508 g/mol. The molecule has 0 bridgehead atoms. The van der Waals surface area contributed by atoms with Crippen LogP contribution in [0.4, 0.5) is 13.2 Å². The smallest absolute Gasteiger partial charge is 0.333 e. The molecule has 1 aromatic carbocycles. The summed E-state index contributed by atoms with van der Waals surface area (Å²) in [4.78, 5) is 20.7. The van der Waals surface area contributed by atoms with Crippen molar-refractivity contribution in [1.29, 1.82) is 0 Å². The number of rotatable bonds is 5. The number of carbonyl (C=O) groups is 1. The Hall–Kier alpha value is -3.72. The third-order valence-electron chi connectivity index (χ3n) is 6.34. The third-order valence-corrected chi connectivity index (χ3v) is 7.50. The first-order valence-corrected chi connectivity index (χ1v) is 12.3. The molecule has 1 aliphatic rings. The molecule has 0 radical (unpaired) electrons. The van der Waals surface area contributed by atoms with Gasteiger partial charge in [0.25, 0.3) is 0 Å². The molecule has 4 aromatic rings. The van der Waals surface area contributed by atoms with Crippen LogP contribution in [-0.2, 0) is 24.1 Å². The maximum absolute atomic E-state index is 14.0. The molecule has 0 saturated carbocycles. The number of fused-ring (bicyclic) bond motifs is 1. The number of halogens is 3. The molecule has 9 heteroatoms. The van der Waals surface area contributed by atoms with Gasteiger partial charge < -0.3 is 4.90 Å². The molecule has 0 N–H and O–H groups in total. The molecule has 0 spiro atoms. The van der Waals surface area contributed by atoms with Gasteiger partial charge in [0, 0.05) is 41.8 Å². The van der Waals surface area contributed by atoms with Gasteiger partial charge in [-0.3, -0.25) is 14.5 Å². The van der Waals surface area contributed by atoms with E-state index in [0.717, 1.165) is 21.0 Å². The van der Waals surface area contributed by atoms with Crippen molar-refractivity contribution in [1.82, 2.24) is 19.7 Å². The second kappa shape index (κ2) is 9.39. The van der Waals surface area contributed by atoms with Crippen LogP contribution in [0.5, 0.6) is 0 Å². The van der Waals surface area contributed by atoms with E-state index in [1.807, 2.05) is 30.3 Å². The van der Waals surface area contributed by atoms with Crippen molar-refractivity contribution in [2.75, 3.05) is 6.54 Å². The number of hydrogen-bond acceptors (Lipinski definition) is 4. The molecular formula is C27H23F3N4OS. The molecule has 5 nitrogen and oxygen atoms in total. The fraction of sp³-hybridized carbons (Fsp3) is 0.222. The fourth-order valence-electron chi connectivity index (χ4n) is 4.65. The molecule has 184 valence electrons. The van der Waals surface area contributed by atoms with E-state index in [4.69, 9.17) is 0 Å². The van der Waals surface area contributed by atoms with E-state index in [1.165, 1.54) is 17.0 Å². The first kappa shape index (κ1) is 24.0. The summed E-state index contributed by atoms with van der Waals surface area (Å²) >= 11 is 1.55. The first-order chi connectivity index (χ1) is 17.3. The Morgan fingerprint density at radius 1 is 1.17 bits per heavy atom. The standard InChI is InChI=1S/C27H23F3N4OS/c1-3-25(35)33-14-20(19-13-23(36-24(19)16-33)22-11-7-8-12-31-22)17-9-5-6-10-18(17)21-15-34(4-2)32-26(21)27(28,29)30/h3,5-13,15,20H,1,4,14,16H2,2H3/t20-/m0/s1. The number of hydrogen-bond donors (Lipinski definition) is 0. The van der Waals surface area contributed by atoms with E-state index >= 15 is 0 Å². The zero-order valence-electron chi connectivity index (χ0n) is 19.5. The van der Waals surface area contributed by atoms with Crippen LogP contribution in [0.3, 0.4) is 0 Å². The number of pyridine rings is 1. The predicted octanol–water partition coefficient (Wildman–Crippen LogP) is 6.37. The van der Waals surface area contributed by atoms with Gasteiger partial charge in [0.05, 0.1) is 17.1 Å². The second-order valence-corrected chi connectivity index (χ2v) is 9.65. The van der Waals surface area contributed by atoms with E-state index in [-0.39, 0.29) is 17.4 Å². The third kappa shape index (κ3) is 4.35. The van der Waals surface area contributed by atoms with Crippen molar-refractivity contribution in [3.8, 4) is 21.7 Å². The average Bonchev–Trinajstić information content (AvgIpc) is 3.53. The Kier molecular flexibility index (Phi) is 6.26. The molecule has 3 aromatic heterocycles. The normalized spacial score (nSPS) is 15.6. The lowest BCUT2D eigenvalue weighted by Gasteiger charge is -2.33. The zero-order chi connectivity index (χ0) is 25.4. The van der Waals surface area contributed by atoms with Crippen molar-refractivity contribution >= 4 is 17.2 Å². The molecule has 36 heavy (non-hydrogen) atoms. The number of aromatic nitrogens is 3. The van der Waals surface area contributed by atoms with Crippen LogP contribution in [0.25, 0.3) is 21.7 Å². The highest BCUT2D eigenvalue weighted by Gasteiger charge is 2.39. The summed E-state index contributed by atoms with van der Waals surface area (Å²) in [7, 11) is 0. The van der Waals surface area contributed by atoms with E-state index in [2.05, 4.69) is 22.7 Å². The minimum absolute atomic E-state index is 0.0360. The SMILES string of the molecule is C=CC(=O)N1Cc2sc(-c3ccccn3)cc2[C@H](c2ccccc2-c2cn(CC)nc2C(F)(F)F)C1.